The summed E-state index contributed by atoms with van der Waals surface area (Å²) in [6.07, 6.45) is 2.52. The van der Waals surface area contributed by atoms with Gasteiger partial charge in [-0.1, -0.05) is 6.07 Å². The summed E-state index contributed by atoms with van der Waals surface area (Å²) >= 11 is 2.03. The first-order valence-electron chi connectivity index (χ1n) is 7.19. The molecule has 0 aliphatic carbocycles. The second-order valence-electron chi connectivity index (χ2n) is 5.31. The van der Waals surface area contributed by atoms with Gasteiger partial charge in [0.25, 0.3) is 0 Å². The van der Waals surface area contributed by atoms with Crippen molar-refractivity contribution in [2.24, 2.45) is 5.92 Å². The highest BCUT2D eigenvalue weighted by Gasteiger charge is 2.14. The molecule has 1 aromatic carbocycles. The van der Waals surface area contributed by atoms with Gasteiger partial charge in [-0.2, -0.15) is 11.8 Å². The number of carbonyl (C=O) groups is 1. The fourth-order valence-corrected chi connectivity index (χ4v) is 3.84. The van der Waals surface area contributed by atoms with Crippen LogP contribution in [0.15, 0.2) is 30.3 Å². The van der Waals surface area contributed by atoms with Gasteiger partial charge in [-0.05, 0) is 54.5 Å². The number of aromatic nitrogens is 1. The minimum absolute atomic E-state index is 0.302. The van der Waals surface area contributed by atoms with E-state index in [0.717, 1.165) is 17.9 Å². The Morgan fingerprint density at radius 1 is 1.29 bits per heavy atom. The summed E-state index contributed by atoms with van der Waals surface area (Å²) in [6.45, 7) is 0.942. The highest BCUT2D eigenvalue weighted by Crippen LogP contribution is 2.24. The van der Waals surface area contributed by atoms with Gasteiger partial charge < -0.3 is 10.4 Å². The Morgan fingerprint density at radius 3 is 2.86 bits per heavy atom. The molecule has 3 rings (SSSR count). The van der Waals surface area contributed by atoms with Crippen LogP contribution in [0, 0.1) is 5.92 Å². The SMILES string of the molecule is O=C(O)c1cccc2nc(NCC3CCSCC3)ccc12. The van der Waals surface area contributed by atoms with E-state index in [0.29, 0.717) is 16.9 Å². The number of thioether (sulfide) groups is 1. The van der Waals surface area contributed by atoms with Gasteiger partial charge in [0.15, 0.2) is 0 Å². The molecule has 2 aromatic rings. The largest absolute Gasteiger partial charge is 0.478 e. The maximum absolute atomic E-state index is 11.2. The molecular formula is C16H18N2O2S. The number of nitrogens with zero attached hydrogens (tertiary/aromatic N) is 1. The average molecular weight is 302 g/mol. The standard InChI is InChI=1S/C16H18N2O2S/c19-16(20)13-2-1-3-14-12(13)4-5-15(18-14)17-10-11-6-8-21-9-7-11/h1-5,11H,6-10H2,(H,17,18)(H,19,20). The lowest BCUT2D eigenvalue weighted by atomic mass is 10.0. The van der Waals surface area contributed by atoms with E-state index in [1.165, 1.54) is 24.3 Å². The van der Waals surface area contributed by atoms with Crippen molar-refractivity contribution in [3.63, 3.8) is 0 Å². The first-order chi connectivity index (χ1) is 10.2. The molecule has 0 spiro atoms. The summed E-state index contributed by atoms with van der Waals surface area (Å²) in [5, 5.41) is 13.3. The van der Waals surface area contributed by atoms with Gasteiger partial charge in [0.05, 0.1) is 11.1 Å². The van der Waals surface area contributed by atoms with E-state index in [4.69, 9.17) is 0 Å². The number of hydrogen-bond donors (Lipinski definition) is 2. The van der Waals surface area contributed by atoms with Crippen LogP contribution in [0.3, 0.4) is 0 Å². The summed E-state index contributed by atoms with van der Waals surface area (Å²) in [4.78, 5) is 15.7. The molecule has 0 unspecified atom stereocenters. The van der Waals surface area contributed by atoms with Crippen LogP contribution in [0.4, 0.5) is 5.82 Å². The van der Waals surface area contributed by atoms with Crippen molar-refractivity contribution in [1.29, 1.82) is 0 Å². The number of hydrogen-bond acceptors (Lipinski definition) is 4. The van der Waals surface area contributed by atoms with Crippen LogP contribution in [-0.4, -0.2) is 34.1 Å². The number of nitrogens with one attached hydrogen (secondary N) is 1. The van der Waals surface area contributed by atoms with E-state index >= 15 is 0 Å². The van der Waals surface area contributed by atoms with E-state index in [-0.39, 0.29) is 0 Å². The normalized spacial score (nSPS) is 16.0. The molecule has 1 aliphatic heterocycles. The zero-order valence-electron chi connectivity index (χ0n) is 11.7. The van der Waals surface area contributed by atoms with Crippen molar-refractivity contribution in [2.45, 2.75) is 12.8 Å². The number of anilines is 1. The first-order valence-corrected chi connectivity index (χ1v) is 8.34. The molecule has 1 aromatic heterocycles. The number of aromatic carboxylic acids is 1. The molecule has 1 aliphatic rings. The summed E-state index contributed by atoms with van der Waals surface area (Å²) in [7, 11) is 0. The van der Waals surface area contributed by atoms with Crippen molar-refractivity contribution in [1.82, 2.24) is 4.98 Å². The van der Waals surface area contributed by atoms with Crippen LogP contribution in [-0.2, 0) is 0 Å². The summed E-state index contributed by atoms with van der Waals surface area (Å²) in [6, 6.07) is 8.90. The van der Waals surface area contributed by atoms with Gasteiger partial charge in [-0.15, -0.1) is 0 Å². The average Bonchev–Trinajstić information content (AvgIpc) is 2.53. The molecule has 1 fully saturated rings. The third-order valence-corrected chi connectivity index (χ3v) is 4.92. The van der Waals surface area contributed by atoms with E-state index in [2.05, 4.69) is 10.3 Å². The van der Waals surface area contributed by atoms with E-state index in [9.17, 15) is 9.90 Å². The van der Waals surface area contributed by atoms with E-state index < -0.39 is 5.97 Å². The summed E-state index contributed by atoms with van der Waals surface area (Å²) in [5.74, 6) is 3.12. The number of carboxylic acid groups (broad SMARTS) is 1. The maximum atomic E-state index is 11.2. The van der Waals surface area contributed by atoms with E-state index in [1.54, 1.807) is 12.1 Å². The Kier molecular flexibility index (Phi) is 4.29. The number of pyridine rings is 1. The van der Waals surface area contributed by atoms with Gasteiger partial charge >= 0.3 is 5.97 Å². The molecule has 0 bridgehead atoms. The molecule has 1 saturated heterocycles. The third kappa shape index (κ3) is 3.29. The quantitative estimate of drug-likeness (QED) is 0.905. The molecule has 4 nitrogen and oxygen atoms in total. The molecule has 0 atom stereocenters. The fraction of sp³-hybridized carbons (Fsp3) is 0.375. The van der Waals surface area contributed by atoms with Crippen LogP contribution in [0.25, 0.3) is 10.9 Å². The molecule has 110 valence electrons. The predicted octanol–water partition coefficient (Wildman–Crippen LogP) is 3.49. The maximum Gasteiger partial charge on any atom is 0.336 e. The molecule has 2 N–H and O–H groups in total. The van der Waals surface area contributed by atoms with Gasteiger partial charge in [-0.3, -0.25) is 0 Å². The smallest absolute Gasteiger partial charge is 0.336 e. The lowest BCUT2D eigenvalue weighted by molar-refractivity contribution is 0.0699. The highest BCUT2D eigenvalue weighted by atomic mass is 32.2. The lowest BCUT2D eigenvalue weighted by Gasteiger charge is -2.21. The molecule has 21 heavy (non-hydrogen) atoms. The number of benzene rings is 1. The zero-order valence-corrected chi connectivity index (χ0v) is 12.5. The van der Waals surface area contributed by atoms with Crippen LogP contribution >= 0.6 is 11.8 Å². The lowest BCUT2D eigenvalue weighted by Crippen LogP contribution is -2.19. The molecule has 5 heteroatoms. The van der Waals surface area contributed by atoms with Crippen molar-refractivity contribution < 1.29 is 9.90 Å². The van der Waals surface area contributed by atoms with Crippen molar-refractivity contribution in [3.8, 4) is 0 Å². The van der Waals surface area contributed by atoms with Crippen molar-refractivity contribution in [3.05, 3.63) is 35.9 Å². The topological polar surface area (TPSA) is 62.2 Å². The number of fused-ring (bicyclic) bond motifs is 1. The van der Waals surface area contributed by atoms with Gasteiger partial charge in [0, 0.05) is 11.9 Å². The van der Waals surface area contributed by atoms with E-state index in [1.807, 2.05) is 30.0 Å². The Morgan fingerprint density at radius 2 is 2.10 bits per heavy atom. The second kappa shape index (κ2) is 6.35. The first kappa shape index (κ1) is 14.2. The van der Waals surface area contributed by atoms with Gasteiger partial charge in [0.2, 0.25) is 0 Å². The molecule has 0 amide bonds. The minimum atomic E-state index is -0.914. The van der Waals surface area contributed by atoms with Crippen molar-refractivity contribution in [2.75, 3.05) is 23.4 Å². The Balaban J connectivity index is 1.76. The molecule has 0 radical (unpaired) electrons. The predicted molar refractivity (Wildman–Crippen MR) is 87.2 cm³/mol. The van der Waals surface area contributed by atoms with Gasteiger partial charge in [-0.25, -0.2) is 9.78 Å². The summed E-state index contributed by atoms with van der Waals surface area (Å²) < 4.78 is 0. The fourth-order valence-electron chi connectivity index (χ4n) is 2.64. The van der Waals surface area contributed by atoms with Crippen LogP contribution < -0.4 is 5.32 Å². The Hall–Kier alpha value is -1.75. The summed E-state index contributed by atoms with van der Waals surface area (Å²) in [5.41, 5.74) is 1.02. The van der Waals surface area contributed by atoms with Crippen LogP contribution in [0.2, 0.25) is 0 Å². The molecule has 0 saturated carbocycles. The van der Waals surface area contributed by atoms with Crippen molar-refractivity contribution >= 4 is 34.5 Å². The monoisotopic (exact) mass is 302 g/mol. The second-order valence-corrected chi connectivity index (χ2v) is 6.54. The van der Waals surface area contributed by atoms with Crippen LogP contribution in [0.1, 0.15) is 23.2 Å². The Bertz CT molecular complexity index is 654. The minimum Gasteiger partial charge on any atom is -0.478 e. The molecule has 2 heterocycles. The number of carboxylic acids is 1. The third-order valence-electron chi connectivity index (χ3n) is 3.88. The van der Waals surface area contributed by atoms with Crippen LogP contribution in [0.5, 0.6) is 0 Å². The highest BCUT2D eigenvalue weighted by molar-refractivity contribution is 7.99. The molecular weight excluding hydrogens is 284 g/mol. The Labute approximate surface area is 128 Å². The van der Waals surface area contributed by atoms with Gasteiger partial charge in [0.1, 0.15) is 5.82 Å². The zero-order chi connectivity index (χ0) is 14.7. The number of rotatable bonds is 4.